The molecular formula is C27H22F3N5. The number of fused-ring (bicyclic) bond motifs is 1. The molecule has 0 bridgehead atoms. The smallest absolute Gasteiger partial charge is 0.348 e. The molecule has 8 heteroatoms. The lowest BCUT2D eigenvalue weighted by atomic mass is 10.0. The topological polar surface area (TPSA) is 55.1 Å². The average Bonchev–Trinajstić information content (AvgIpc) is 3.25. The van der Waals surface area contributed by atoms with Gasteiger partial charge in [0, 0.05) is 18.0 Å². The number of hydrogen-bond donors (Lipinski definition) is 1. The first kappa shape index (κ1) is 22.6. The van der Waals surface area contributed by atoms with E-state index in [9.17, 15) is 13.2 Å². The molecule has 0 radical (unpaired) electrons. The van der Waals surface area contributed by atoms with Crippen molar-refractivity contribution in [3.8, 4) is 22.6 Å². The van der Waals surface area contributed by atoms with Crippen LogP contribution in [0.1, 0.15) is 29.7 Å². The Bertz CT molecular complexity index is 1490. The zero-order valence-electron chi connectivity index (χ0n) is 19.1. The van der Waals surface area contributed by atoms with E-state index in [4.69, 9.17) is 9.97 Å². The first-order valence-electron chi connectivity index (χ1n) is 11.1. The van der Waals surface area contributed by atoms with Crippen LogP contribution in [0.3, 0.4) is 0 Å². The Morgan fingerprint density at radius 1 is 0.914 bits per heavy atom. The minimum absolute atomic E-state index is 0.0428. The Kier molecular flexibility index (Phi) is 5.72. The van der Waals surface area contributed by atoms with Crippen LogP contribution in [0.2, 0.25) is 0 Å². The van der Waals surface area contributed by atoms with Gasteiger partial charge >= 0.3 is 6.18 Å². The number of hydrogen-bond acceptors (Lipinski definition) is 4. The fourth-order valence-corrected chi connectivity index (χ4v) is 4.07. The fraction of sp³-hybridized carbons (Fsp3) is 0.148. The van der Waals surface area contributed by atoms with Crippen molar-refractivity contribution in [2.45, 2.75) is 26.1 Å². The molecule has 1 atom stereocenters. The maximum atomic E-state index is 13.4. The molecule has 0 amide bonds. The van der Waals surface area contributed by atoms with Crippen molar-refractivity contribution >= 4 is 11.6 Å². The third-order valence-corrected chi connectivity index (χ3v) is 5.85. The predicted molar refractivity (Wildman–Crippen MR) is 130 cm³/mol. The van der Waals surface area contributed by atoms with Crippen molar-refractivity contribution in [1.82, 2.24) is 19.4 Å². The maximum Gasteiger partial charge on any atom is 0.416 e. The van der Waals surface area contributed by atoms with Gasteiger partial charge in [-0.2, -0.15) is 13.2 Å². The Morgan fingerprint density at radius 3 is 2.49 bits per heavy atom. The first-order valence-corrected chi connectivity index (χ1v) is 11.1. The zero-order chi connectivity index (χ0) is 24.6. The Morgan fingerprint density at radius 2 is 1.71 bits per heavy atom. The minimum atomic E-state index is -4.45. The second kappa shape index (κ2) is 8.87. The summed E-state index contributed by atoms with van der Waals surface area (Å²) >= 11 is 0. The molecule has 0 aliphatic rings. The Hall–Kier alpha value is -4.20. The number of anilines is 1. The summed E-state index contributed by atoms with van der Waals surface area (Å²) in [5, 5.41) is 3.31. The van der Waals surface area contributed by atoms with Crippen molar-refractivity contribution in [3.05, 3.63) is 102 Å². The van der Waals surface area contributed by atoms with Crippen molar-refractivity contribution < 1.29 is 13.2 Å². The van der Waals surface area contributed by atoms with Gasteiger partial charge in [0.1, 0.15) is 5.65 Å². The number of imidazole rings is 1. The number of nitrogens with one attached hydrogen (secondary N) is 1. The van der Waals surface area contributed by atoms with Crippen LogP contribution in [0.5, 0.6) is 0 Å². The number of pyridine rings is 1. The summed E-state index contributed by atoms with van der Waals surface area (Å²) in [5.74, 6) is 0.413. The molecule has 0 aliphatic carbocycles. The molecule has 0 spiro atoms. The minimum Gasteiger partial charge on any atom is -0.348 e. The molecule has 5 aromatic rings. The number of alkyl halides is 3. The third-order valence-electron chi connectivity index (χ3n) is 5.85. The SMILES string of the molecule is Cc1cccn2c(-c3ccnc(N[C@H](C)c4ccccc4)n3)c(-c3cccc(C(F)(F)F)c3)nc12. The highest BCUT2D eigenvalue weighted by Crippen LogP contribution is 2.36. The van der Waals surface area contributed by atoms with E-state index in [1.54, 1.807) is 18.3 Å². The van der Waals surface area contributed by atoms with E-state index < -0.39 is 11.7 Å². The van der Waals surface area contributed by atoms with Gasteiger partial charge in [0.05, 0.1) is 28.7 Å². The van der Waals surface area contributed by atoms with Crippen molar-refractivity contribution in [2.24, 2.45) is 0 Å². The zero-order valence-corrected chi connectivity index (χ0v) is 19.1. The van der Waals surface area contributed by atoms with E-state index in [0.717, 1.165) is 23.3 Å². The van der Waals surface area contributed by atoms with Gasteiger partial charge in [0.15, 0.2) is 0 Å². The second-order valence-electron chi connectivity index (χ2n) is 8.31. The van der Waals surface area contributed by atoms with Gasteiger partial charge in [0.25, 0.3) is 0 Å². The molecule has 0 saturated heterocycles. The molecular weight excluding hydrogens is 451 g/mol. The summed E-state index contributed by atoms with van der Waals surface area (Å²) in [6.07, 6.45) is -0.984. The van der Waals surface area contributed by atoms with Crippen LogP contribution in [0.25, 0.3) is 28.3 Å². The summed E-state index contributed by atoms with van der Waals surface area (Å²) in [6, 6.07) is 20.6. The molecule has 0 fully saturated rings. The molecule has 176 valence electrons. The van der Waals surface area contributed by atoms with Crippen LogP contribution < -0.4 is 5.32 Å². The van der Waals surface area contributed by atoms with Crippen LogP contribution in [-0.4, -0.2) is 19.4 Å². The van der Waals surface area contributed by atoms with Gasteiger partial charge in [-0.3, -0.25) is 4.40 Å². The lowest BCUT2D eigenvalue weighted by Gasteiger charge is -2.15. The quantitative estimate of drug-likeness (QED) is 0.300. The van der Waals surface area contributed by atoms with E-state index in [0.29, 0.717) is 34.2 Å². The summed E-state index contributed by atoms with van der Waals surface area (Å²) < 4.78 is 42.2. The molecule has 2 aromatic carbocycles. The van der Waals surface area contributed by atoms with Crippen molar-refractivity contribution in [3.63, 3.8) is 0 Å². The maximum absolute atomic E-state index is 13.4. The van der Waals surface area contributed by atoms with Crippen molar-refractivity contribution in [1.29, 1.82) is 0 Å². The molecule has 3 heterocycles. The number of halogens is 3. The summed E-state index contributed by atoms with van der Waals surface area (Å²) in [5.41, 5.74) is 3.84. The van der Waals surface area contributed by atoms with E-state index in [-0.39, 0.29) is 6.04 Å². The third kappa shape index (κ3) is 4.47. The molecule has 35 heavy (non-hydrogen) atoms. The van der Waals surface area contributed by atoms with Crippen LogP contribution in [0.4, 0.5) is 19.1 Å². The number of aryl methyl sites for hydroxylation is 1. The molecule has 0 aliphatic heterocycles. The van der Waals surface area contributed by atoms with Crippen LogP contribution in [-0.2, 0) is 6.18 Å². The van der Waals surface area contributed by atoms with Crippen LogP contribution in [0, 0.1) is 6.92 Å². The van der Waals surface area contributed by atoms with E-state index in [2.05, 4.69) is 10.3 Å². The lowest BCUT2D eigenvalue weighted by Crippen LogP contribution is -2.09. The average molecular weight is 474 g/mol. The highest BCUT2D eigenvalue weighted by atomic mass is 19.4. The van der Waals surface area contributed by atoms with Gasteiger partial charge in [-0.05, 0) is 49.2 Å². The van der Waals surface area contributed by atoms with Crippen LogP contribution >= 0.6 is 0 Å². The van der Waals surface area contributed by atoms with Gasteiger partial charge in [-0.1, -0.05) is 48.5 Å². The fourth-order valence-electron chi connectivity index (χ4n) is 4.07. The summed E-state index contributed by atoms with van der Waals surface area (Å²) in [4.78, 5) is 13.8. The van der Waals surface area contributed by atoms with Gasteiger partial charge in [-0.15, -0.1) is 0 Å². The number of benzene rings is 2. The van der Waals surface area contributed by atoms with Gasteiger partial charge < -0.3 is 5.32 Å². The number of rotatable bonds is 5. The van der Waals surface area contributed by atoms with Gasteiger partial charge in [-0.25, -0.2) is 15.0 Å². The monoisotopic (exact) mass is 473 g/mol. The summed E-state index contributed by atoms with van der Waals surface area (Å²) in [7, 11) is 0. The number of nitrogens with zero attached hydrogens (tertiary/aromatic N) is 4. The second-order valence-corrected chi connectivity index (χ2v) is 8.31. The molecule has 5 rings (SSSR count). The van der Waals surface area contributed by atoms with Gasteiger partial charge in [0.2, 0.25) is 5.95 Å². The first-order chi connectivity index (χ1) is 16.8. The Labute approximate surface area is 200 Å². The molecule has 0 unspecified atom stereocenters. The van der Waals surface area contributed by atoms with E-state index in [1.807, 2.05) is 66.9 Å². The molecule has 3 aromatic heterocycles. The predicted octanol–water partition coefficient (Wildman–Crippen LogP) is 6.96. The lowest BCUT2D eigenvalue weighted by molar-refractivity contribution is -0.137. The van der Waals surface area contributed by atoms with Crippen molar-refractivity contribution in [2.75, 3.05) is 5.32 Å². The van der Waals surface area contributed by atoms with Crippen LogP contribution in [0.15, 0.2) is 85.2 Å². The molecule has 0 saturated carbocycles. The highest BCUT2D eigenvalue weighted by Gasteiger charge is 2.31. The van der Waals surface area contributed by atoms with E-state index >= 15 is 0 Å². The Balaban J connectivity index is 1.63. The standard InChI is InChI=1S/C27H22F3N5/c1-17-8-7-15-35-24(23(34-25(17)35)20-11-6-12-21(16-20)27(28,29)30)22-13-14-31-26(33-22)32-18(2)19-9-4-3-5-10-19/h3-16,18H,1-2H3,(H,31,32,33)/t18-/m1/s1. The largest absolute Gasteiger partial charge is 0.416 e. The normalized spacial score (nSPS) is 12.6. The molecule has 1 N–H and O–H groups in total. The highest BCUT2D eigenvalue weighted by molar-refractivity contribution is 5.81. The summed E-state index contributed by atoms with van der Waals surface area (Å²) in [6.45, 7) is 3.92. The molecule has 5 nitrogen and oxygen atoms in total. The number of aromatic nitrogens is 4. The van der Waals surface area contributed by atoms with E-state index in [1.165, 1.54) is 6.07 Å².